The van der Waals surface area contributed by atoms with E-state index in [2.05, 4.69) is 10.0 Å². The molecule has 108 valence electrons. The molecule has 11 heteroatoms. The van der Waals surface area contributed by atoms with Crippen LogP contribution in [0.5, 0.6) is 0 Å². The molecule has 4 atom stereocenters. The number of rotatable bonds is 3. The van der Waals surface area contributed by atoms with Gasteiger partial charge in [0.2, 0.25) is 5.72 Å². The standard InChI is InChI=1S/C9H11N5O6/c10-13-12-9(3-15)6(18)5(17)7(20-9)14-2-1-4(16)11-8(14)19/h1-2,5-7,15,17-18H,3H2,(H,11,16,19)/t5-,6-,7+,9+/m0/s1. The van der Waals surface area contributed by atoms with Crippen molar-refractivity contribution in [3.05, 3.63) is 43.5 Å². The van der Waals surface area contributed by atoms with E-state index < -0.39 is 42.0 Å². The fourth-order valence-electron chi connectivity index (χ4n) is 1.94. The van der Waals surface area contributed by atoms with E-state index in [1.54, 1.807) is 0 Å². The molecule has 0 amide bonds. The summed E-state index contributed by atoms with van der Waals surface area (Å²) < 4.78 is 5.95. The van der Waals surface area contributed by atoms with Crippen LogP contribution in [-0.2, 0) is 4.74 Å². The smallest absolute Gasteiger partial charge is 0.330 e. The predicted molar refractivity (Wildman–Crippen MR) is 62.4 cm³/mol. The summed E-state index contributed by atoms with van der Waals surface area (Å²) in [6, 6.07) is 1.01. The molecule has 0 unspecified atom stereocenters. The van der Waals surface area contributed by atoms with Gasteiger partial charge in [0, 0.05) is 17.2 Å². The zero-order valence-electron chi connectivity index (χ0n) is 9.95. The molecule has 11 nitrogen and oxygen atoms in total. The van der Waals surface area contributed by atoms with Gasteiger partial charge < -0.3 is 20.1 Å². The first kappa shape index (κ1) is 14.2. The molecule has 0 saturated carbocycles. The third kappa shape index (κ3) is 2.09. The van der Waals surface area contributed by atoms with Crippen molar-refractivity contribution < 1.29 is 20.1 Å². The van der Waals surface area contributed by atoms with Crippen LogP contribution in [0.1, 0.15) is 6.23 Å². The Morgan fingerprint density at radius 3 is 2.80 bits per heavy atom. The molecular formula is C9H11N5O6. The van der Waals surface area contributed by atoms with E-state index in [0.29, 0.717) is 0 Å². The van der Waals surface area contributed by atoms with Gasteiger partial charge in [-0.2, -0.15) is 0 Å². The number of H-pyrrole nitrogens is 1. The second kappa shape index (κ2) is 5.07. The first-order chi connectivity index (χ1) is 9.45. The van der Waals surface area contributed by atoms with Crippen LogP contribution in [0.4, 0.5) is 0 Å². The number of aliphatic hydroxyl groups is 3. The molecule has 1 fully saturated rings. The van der Waals surface area contributed by atoms with E-state index in [0.717, 1.165) is 16.8 Å². The number of aliphatic hydroxyl groups excluding tert-OH is 3. The van der Waals surface area contributed by atoms with E-state index >= 15 is 0 Å². The summed E-state index contributed by atoms with van der Waals surface area (Å²) in [5.41, 5.74) is 4.79. The van der Waals surface area contributed by atoms with Gasteiger partial charge in [-0.1, -0.05) is 5.11 Å². The molecule has 2 heterocycles. The monoisotopic (exact) mass is 285 g/mol. The second-order valence-corrected chi connectivity index (χ2v) is 4.15. The first-order valence-corrected chi connectivity index (χ1v) is 5.48. The molecule has 1 aliphatic rings. The van der Waals surface area contributed by atoms with E-state index in [-0.39, 0.29) is 0 Å². The molecule has 0 aliphatic carbocycles. The zero-order valence-corrected chi connectivity index (χ0v) is 9.95. The summed E-state index contributed by atoms with van der Waals surface area (Å²) >= 11 is 0. The van der Waals surface area contributed by atoms with Gasteiger partial charge in [-0.05, 0) is 5.53 Å². The van der Waals surface area contributed by atoms with Gasteiger partial charge in [0.05, 0.1) is 6.61 Å². The molecule has 0 aromatic carbocycles. The van der Waals surface area contributed by atoms with Gasteiger partial charge in [-0.3, -0.25) is 14.3 Å². The van der Waals surface area contributed by atoms with Crippen molar-refractivity contribution in [3.63, 3.8) is 0 Å². The van der Waals surface area contributed by atoms with Gasteiger partial charge in [-0.25, -0.2) is 4.79 Å². The number of aromatic amines is 1. The number of nitrogens with zero attached hydrogens (tertiary/aromatic N) is 4. The minimum Gasteiger partial charge on any atom is -0.393 e. The lowest BCUT2D eigenvalue weighted by atomic mass is 10.1. The maximum atomic E-state index is 11.6. The number of azide groups is 1. The highest BCUT2D eigenvalue weighted by molar-refractivity contribution is 5.00. The number of aromatic nitrogens is 2. The van der Waals surface area contributed by atoms with Crippen LogP contribution in [0.3, 0.4) is 0 Å². The quantitative estimate of drug-likeness (QED) is 0.278. The topological polar surface area (TPSA) is 174 Å². The Morgan fingerprint density at radius 2 is 2.25 bits per heavy atom. The van der Waals surface area contributed by atoms with Crippen LogP contribution in [0.2, 0.25) is 0 Å². The summed E-state index contributed by atoms with van der Waals surface area (Å²) in [6.45, 7) is -0.899. The van der Waals surface area contributed by atoms with Gasteiger partial charge in [0.25, 0.3) is 5.56 Å². The molecule has 0 bridgehead atoms. The van der Waals surface area contributed by atoms with E-state index in [1.807, 2.05) is 4.98 Å². The van der Waals surface area contributed by atoms with Crippen molar-refractivity contribution in [3.8, 4) is 0 Å². The van der Waals surface area contributed by atoms with Gasteiger partial charge in [-0.15, -0.1) is 0 Å². The fraction of sp³-hybridized carbons (Fsp3) is 0.556. The molecule has 4 N–H and O–H groups in total. The van der Waals surface area contributed by atoms with Crippen molar-refractivity contribution in [2.45, 2.75) is 24.2 Å². The van der Waals surface area contributed by atoms with Crippen molar-refractivity contribution in [1.29, 1.82) is 0 Å². The Labute approximate surface area is 110 Å². The average molecular weight is 285 g/mol. The number of nitrogens with one attached hydrogen (secondary N) is 1. The Morgan fingerprint density at radius 1 is 1.55 bits per heavy atom. The van der Waals surface area contributed by atoms with Crippen LogP contribution in [0.15, 0.2) is 27.0 Å². The summed E-state index contributed by atoms with van der Waals surface area (Å²) in [4.78, 5) is 26.9. The Hall–Kier alpha value is -2.17. The third-order valence-electron chi connectivity index (χ3n) is 2.97. The minimum absolute atomic E-state index is 0.650. The molecule has 1 saturated heterocycles. The van der Waals surface area contributed by atoms with Crippen LogP contribution in [0.25, 0.3) is 10.4 Å². The van der Waals surface area contributed by atoms with Crippen molar-refractivity contribution in [2.75, 3.05) is 6.61 Å². The molecular weight excluding hydrogens is 274 g/mol. The number of hydrogen-bond acceptors (Lipinski definition) is 7. The SMILES string of the molecule is [N-]=[N+]=N[C@]1(CO)O[C@@H](n2ccc(=O)[nH]c2=O)[C@@H](O)[C@@H]1O. The Balaban J connectivity index is 2.47. The maximum Gasteiger partial charge on any atom is 0.330 e. The van der Waals surface area contributed by atoms with Crippen LogP contribution < -0.4 is 11.2 Å². The van der Waals surface area contributed by atoms with Crippen LogP contribution >= 0.6 is 0 Å². The number of hydrogen-bond donors (Lipinski definition) is 4. The molecule has 1 aromatic rings. The molecule has 0 spiro atoms. The lowest BCUT2D eigenvalue weighted by molar-refractivity contribution is -0.125. The summed E-state index contributed by atoms with van der Waals surface area (Å²) in [5, 5.41) is 32.1. The van der Waals surface area contributed by atoms with Crippen molar-refractivity contribution in [2.24, 2.45) is 5.11 Å². The Bertz CT molecular complexity index is 663. The highest BCUT2D eigenvalue weighted by atomic mass is 16.6. The summed E-state index contributed by atoms with van der Waals surface area (Å²) in [5.74, 6) is 0. The van der Waals surface area contributed by atoms with Gasteiger partial charge in [0.1, 0.15) is 12.2 Å². The molecule has 1 aromatic heterocycles. The van der Waals surface area contributed by atoms with Crippen LogP contribution in [-0.4, -0.2) is 49.4 Å². The predicted octanol–water partition coefficient (Wildman–Crippen LogP) is -2.21. The third-order valence-corrected chi connectivity index (χ3v) is 2.97. The molecule has 20 heavy (non-hydrogen) atoms. The molecule has 2 rings (SSSR count). The maximum absolute atomic E-state index is 11.6. The van der Waals surface area contributed by atoms with Gasteiger partial charge >= 0.3 is 5.69 Å². The Kier molecular flexibility index (Phi) is 3.61. The second-order valence-electron chi connectivity index (χ2n) is 4.15. The van der Waals surface area contributed by atoms with E-state index in [1.165, 1.54) is 0 Å². The lowest BCUT2D eigenvalue weighted by Gasteiger charge is -2.23. The largest absolute Gasteiger partial charge is 0.393 e. The van der Waals surface area contributed by atoms with E-state index in [9.17, 15) is 24.9 Å². The fourth-order valence-corrected chi connectivity index (χ4v) is 1.94. The molecule has 1 aliphatic heterocycles. The van der Waals surface area contributed by atoms with E-state index in [4.69, 9.17) is 10.3 Å². The van der Waals surface area contributed by atoms with Gasteiger partial charge in [0.15, 0.2) is 6.23 Å². The van der Waals surface area contributed by atoms with Crippen LogP contribution in [0, 0.1) is 0 Å². The average Bonchev–Trinajstić information content (AvgIpc) is 2.65. The first-order valence-electron chi connectivity index (χ1n) is 5.48. The van der Waals surface area contributed by atoms with Crippen molar-refractivity contribution >= 4 is 0 Å². The molecule has 0 radical (unpaired) electrons. The van der Waals surface area contributed by atoms with Crippen molar-refractivity contribution in [1.82, 2.24) is 9.55 Å². The minimum atomic E-state index is -2.10. The summed E-state index contributed by atoms with van der Waals surface area (Å²) in [6.07, 6.45) is -3.76. The summed E-state index contributed by atoms with van der Waals surface area (Å²) in [7, 11) is 0. The normalized spacial score (nSPS) is 32.9. The lowest BCUT2D eigenvalue weighted by Crippen LogP contribution is -2.44. The highest BCUT2D eigenvalue weighted by Gasteiger charge is 2.54. The highest BCUT2D eigenvalue weighted by Crippen LogP contribution is 2.37. The zero-order chi connectivity index (χ0) is 14.9. The number of ether oxygens (including phenoxy) is 1.